The lowest BCUT2D eigenvalue weighted by Gasteiger charge is -2.23. The lowest BCUT2D eigenvalue weighted by molar-refractivity contribution is 0.0755. The topological polar surface area (TPSA) is 51.0 Å². The molecule has 1 fully saturated rings. The van der Waals surface area contributed by atoms with Crippen molar-refractivity contribution in [2.45, 2.75) is 32.1 Å². The largest absolute Gasteiger partial charge is 0.326 e. The molecular formula is C16H20N4OS. The van der Waals surface area contributed by atoms with Crippen molar-refractivity contribution in [1.29, 1.82) is 0 Å². The average molecular weight is 316 g/mol. The molecule has 1 atom stereocenters. The minimum atomic E-state index is 0.0984. The molecule has 0 saturated carbocycles. The fraction of sp³-hybridized carbons (Fsp3) is 0.438. The van der Waals surface area contributed by atoms with Crippen molar-refractivity contribution in [3.8, 4) is 5.69 Å². The van der Waals surface area contributed by atoms with Crippen molar-refractivity contribution in [3.05, 3.63) is 42.0 Å². The van der Waals surface area contributed by atoms with E-state index in [9.17, 15) is 4.79 Å². The van der Waals surface area contributed by atoms with Gasteiger partial charge in [0.2, 0.25) is 0 Å². The van der Waals surface area contributed by atoms with Crippen LogP contribution in [0.5, 0.6) is 0 Å². The van der Waals surface area contributed by atoms with Gasteiger partial charge in [0.1, 0.15) is 0 Å². The molecule has 2 aromatic rings. The standard InChI is InChI=1S/C16H20N4OS/c1-3-4-15-19(9-10-22-15)16(21)14-11-18-20(12(14)2)13-5-7-17-8-6-13/h5-8,11,15H,3-4,9-10H2,1-2H3/t15-/m0/s1. The molecule has 0 aliphatic carbocycles. The van der Waals surface area contributed by atoms with Gasteiger partial charge in [-0.25, -0.2) is 4.68 Å². The molecule has 0 spiro atoms. The van der Waals surface area contributed by atoms with Crippen LogP contribution in [0.15, 0.2) is 30.7 Å². The van der Waals surface area contributed by atoms with E-state index >= 15 is 0 Å². The van der Waals surface area contributed by atoms with Gasteiger partial charge in [-0.15, -0.1) is 11.8 Å². The number of hydrogen-bond donors (Lipinski definition) is 0. The Balaban J connectivity index is 1.87. The number of pyridine rings is 1. The van der Waals surface area contributed by atoms with Gasteiger partial charge >= 0.3 is 0 Å². The van der Waals surface area contributed by atoms with Crippen molar-refractivity contribution in [2.24, 2.45) is 0 Å². The molecule has 3 rings (SSSR count). The molecule has 0 aromatic carbocycles. The number of amides is 1. The quantitative estimate of drug-likeness (QED) is 0.870. The van der Waals surface area contributed by atoms with Gasteiger partial charge in [-0.05, 0) is 25.5 Å². The maximum absolute atomic E-state index is 12.8. The molecule has 0 N–H and O–H groups in total. The Kier molecular flexibility index (Phi) is 4.47. The first-order valence-electron chi connectivity index (χ1n) is 7.60. The van der Waals surface area contributed by atoms with Crippen LogP contribution in [0.25, 0.3) is 5.69 Å². The molecule has 3 heterocycles. The lowest BCUT2D eigenvalue weighted by Crippen LogP contribution is -2.35. The van der Waals surface area contributed by atoms with Gasteiger partial charge in [0.05, 0.1) is 28.5 Å². The molecule has 1 amide bonds. The molecule has 116 valence electrons. The average Bonchev–Trinajstić information content (AvgIpc) is 3.15. The SMILES string of the molecule is CCC[C@@H]1SCCN1C(=O)c1cnn(-c2ccncc2)c1C. The zero-order valence-corrected chi connectivity index (χ0v) is 13.7. The molecule has 0 unspecified atom stereocenters. The molecule has 22 heavy (non-hydrogen) atoms. The van der Waals surface area contributed by atoms with Gasteiger partial charge < -0.3 is 4.90 Å². The summed E-state index contributed by atoms with van der Waals surface area (Å²) >= 11 is 1.88. The van der Waals surface area contributed by atoms with Crippen LogP contribution in [-0.4, -0.2) is 43.2 Å². The van der Waals surface area contributed by atoms with E-state index in [1.807, 2.05) is 35.7 Å². The molecular weight excluding hydrogens is 296 g/mol. The molecule has 1 aliphatic heterocycles. The molecule has 1 aliphatic rings. The van der Waals surface area contributed by atoms with Gasteiger partial charge in [0.15, 0.2) is 0 Å². The highest BCUT2D eigenvalue weighted by atomic mass is 32.2. The van der Waals surface area contributed by atoms with Crippen LogP contribution < -0.4 is 0 Å². The van der Waals surface area contributed by atoms with E-state index in [2.05, 4.69) is 17.0 Å². The van der Waals surface area contributed by atoms with Crippen molar-refractivity contribution >= 4 is 17.7 Å². The maximum atomic E-state index is 12.8. The van der Waals surface area contributed by atoms with Gasteiger partial charge in [-0.2, -0.15) is 5.10 Å². The lowest BCUT2D eigenvalue weighted by atomic mass is 10.2. The number of nitrogens with zero attached hydrogens (tertiary/aromatic N) is 4. The summed E-state index contributed by atoms with van der Waals surface area (Å²) in [6, 6.07) is 3.78. The van der Waals surface area contributed by atoms with Gasteiger partial charge in [0, 0.05) is 24.7 Å². The first kappa shape index (κ1) is 15.1. The second-order valence-electron chi connectivity index (χ2n) is 5.37. The highest BCUT2D eigenvalue weighted by Crippen LogP contribution is 2.29. The van der Waals surface area contributed by atoms with E-state index in [0.717, 1.165) is 36.5 Å². The normalized spacial score (nSPS) is 17.9. The Hall–Kier alpha value is -1.82. The summed E-state index contributed by atoms with van der Waals surface area (Å²) in [6.07, 6.45) is 7.29. The second-order valence-corrected chi connectivity index (χ2v) is 6.66. The third-order valence-electron chi connectivity index (χ3n) is 3.93. The summed E-state index contributed by atoms with van der Waals surface area (Å²) < 4.78 is 1.80. The van der Waals surface area contributed by atoms with Crippen LogP contribution >= 0.6 is 11.8 Å². The highest BCUT2D eigenvalue weighted by molar-refractivity contribution is 8.00. The summed E-state index contributed by atoms with van der Waals surface area (Å²) in [5.41, 5.74) is 2.50. The predicted molar refractivity (Wildman–Crippen MR) is 88.3 cm³/mol. The fourth-order valence-electron chi connectivity index (χ4n) is 2.76. The first-order chi connectivity index (χ1) is 10.7. The second kappa shape index (κ2) is 6.52. The molecule has 1 saturated heterocycles. The van der Waals surface area contributed by atoms with Crippen molar-refractivity contribution in [1.82, 2.24) is 19.7 Å². The number of aromatic nitrogens is 3. The van der Waals surface area contributed by atoms with Crippen molar-refractivity contribution < 1.29 is 4.79 Å². The molecule has 5 nitrogen and oxygen atoms in total. The summed E-state index contributed by atoms with van der Waals surface area (Å²) in [5.74, 6) is 1.12. The van der Waals surface area contributed by atoms with E-state index in [1.165, 1.54) is 0 Å². The summed E-state index contributed by atoms with van der Waals surface area (Å²) in [6.45, 7) is 4.93. The first-order valence-corrected chi connectivity index (χ1v) is 8.65. The fourth-order valence-corrected chi connectivity index (χ4v) is 4.12. The Morgan fingerprint density at radius 3 is 2.91 bits per heavy atom. The van der Waals surface area contributed by atoms with Crippen LogP contribution in [0.4, 0.5) is 0 Å². The summed E-state index contributed by atoms with van der Waals surface area (Å²) in [7, 11) is 0. The molecule has 2 aromatic heterocycles. The van der Waals surface area contributed by atoms with Crippen LogP contribution in [0.1, 0.15) is 35.8 Å². The third-order valence-corrected chi connectivity index (χ3v) is 5.23. The number of hydrogen-bond acceptors (Lipinski definition) is 4. The monoisotopic (exact) mass is 316 g/mol. The number of carbonyl (C=O) groups is 1. The third kappa shape index (κ3) is 2.75. The Morgan fingerprint density at radius 1 is 1.41 bits per heavy atom. The van der Waals surface area contributed by atoms with Gasteiger partial charge in [-0.3, -0.25) is 9.78 Å². The Morgan fingerprint density at radius 2 is 2.18 bits per heavy atom. The minimum absolute atomic E-state index is 0.0984. The molecule has 0 bridgehead atoms. The van der Waals surface area contributed by atoms with Crippen LogP contribution in [0.3, 0.4) is 0 Å². The predicted octanol–water partition coefficient (Wildman–Crippen LogP) is 2.89. The van der Waals surface area contributed by atoms with E-state index < -0.39 is 0 Å². The highest BCUT2D eigenvalue weighted by Gasteiger charge is 2.31. The minimum Gasteiger partial charge on any atom is -0.326 e. The Bertz CT molecular complexity index is 655. The van der Waals surface area contributed by atoms with Crippen molar-refractivity contribution in [3.63, 3.8) is 0 Å². The molecule has 6 heteroatoms. The van der Waals surface area contributed by atoms with E-state index in [1.54, 1.807) is 23.3 Å². The number of rotatable bonds is 4. The number of thioether (sulfide) groups is 1. The van der Waals surface area contributed by atoms with Crippen LogP contribution in [0.2, 0.25) is 0 Å². The molecule has 0 radical (unpaired) electrons. The van der Waals surface area contributed by atoms with Crippen molar-refractivity contribution in [2.75, 3.05) is 12.3 Å². The van der Waals surface area contributed by atoms with Crippen LogP contribution in [0, 0.1) is 6.92 Å². The maximum Gasteiger partial charge on any atom is 0.258 e. The van der Waals surface area contributed by atoms with E-state index in [4.69, 9.17) is 0 Å². The number of carbonyl (C=O) groups excluding carboxylic acids is 1. The zero-order valence-electron chi connectivity index (χ0n) is 12.9. The zero-order chi connectivity index (χ0) is 15.5. The van der Waals surface area contributed by atoms with Gasteiger partial charge in [-0.1, -0.05) is 13.3 Å². The van der Waals surface area contributed by atoms with Gasteiger partial charge in [0.25, 0.3) is 5.91 Å². The Labute approximate surface area is 134 Å². The summed E-state index contributed by atoms with van der Waals surface area (Å²) in [5, 5.41) is 4.69. The smallest absolute Gasteiger partial charge is 0.258 e. The van der Waals surface area contributed by atoms with E-state index in [0.29, 0.717) is 10.9 Å². The summed E-state index contributed by atoms with van der Waals surface area (Å²) in [4.78, 5) is 18.9. The van der Waals surface area contributed by atoms with E-state index in [-0.39, 0.29) is 5.91 Å². The van der Waals surface area contributed by atoms with Crippen LogP contribution in [-0.2, 0) is 0 Å².